The van der Waals surface area contributed by atoms with E-state index in [0.29, 0.717) is 13.0 Å². The van der Waals surface area contributed by atoms with Gasteiger partial charge in [-0.2, -0.15) is 5.26 Å². The highest BCUT2D eigenvalue weighted by Gasteiger charge is 2.10. The van der Waals surface area contributed by atoms with E-state index in [2.05, 4.69) is 6.07 Å². The Morgan fingerprint density at radius 3 is 3.07 bits per heavy atom. The first kappa shape index (κ1) is 10.3. The third-order valence-corrected chi connectivity index (χ3v) is 2.00. The summed E-state index contributed by atoms with van der Waals surface area (Å²) in [6.45, 7) is 2.50. The SMILES string of the molecule is C[C@H](CC#N)Cn1cccc1C(=O)O. The fourth-order valence-electron chi connectivity index (χ4n) is 1.32. The van der Waals surface area contributed by atoms with Gasteiger partial charge in [0.25, 0.3) is 0 Å². The van der Waals surface area contributed by atoms with E-state index in [4.69, 9.17) is 10.4 Å². The number of hydrogen-bond acceptors (Lipinski definition) is 2. The lowest BCUT2D eigenvalue weighted by molar-refractivity contribution is 0.0684. The average molecular weight is 192 g/mol. The second-order valence-electron chi connectivity index (χ2n) is 3.32. The largest absolute Gasteiger partial charge is 0.477 e. The molecule has 1 atom stereocenters. The van der Waals surface area contributed by atoms with Crippen molar-refractivity contribution in [2.24, 2.45) is 5.92 Å². The van der Waals surface area contributed by atoms with Gasteiger partial charge in [-0.15, -0.1) is 0 Å². The Morgan fingerprint density at radius 2 is 2.50 bits per heavy atom. The molecule has 0 spiro atoms. The number of carbonyl (C=O) groups is 1. The molecule has 14 heavy (non-hydrogen) atoms. The van der Waals surface area contributed by atoms with E-state index in [1.54, 1.807) is 22.9 Å². The van der Waals surface area contributed by atoms with Crippen molar-refractivity contribution in [2.45, 2.75) is 19.9 Å². The van der Waals surface area contributed by atoms with Crippen LogP contribution in [0.3, 0.4) is 0 Å². The van der Waals surface area contributed by atoms with Gasteiger partial charge in [-0.05, 0) is 18.1 Å². The summed E-state index contributed by atoms with van der Waals surface area (Å²) in [6, 6.07) is 5.32. The highest BCUT2D eigenvalue weighted by Crippen LogP contribution is 2.09. The Hall–Kier alpha value is -1.76. The molecular formula is C10H12N2O2. The van der Waals surface area contributed by atoms with Crippen molar-refractivity contribution in [1.29, 1.82) is 5.26 Å². The molecule has 0 radical (unpaired) electrons. The molecule has 0 saturated carbocycles. The lowest BCUT2D eigenvalue weighted by Crippen LogP contribution is -2.12. The fourth-order valence-corrected chi connectivity index (χ4v) is 1.32. The summed E-state index contributed by atoms with van der Waals surface area (Å²) in [5, 5.41) is 17.3. The van der Waals surface area contributed by atoms with E-state index >= 15 is 0 Å². The Morgan fingerprint density at radius 1 is 1.79 bits per heavy atom. The highest BCUT2D eigenvalue weighted by molar-refractivity contribution is 5.85. The molecule has 1 N–H and O–H groups in total. The van der Waals surface area contributed by atoms with E-state index in [0.717, 1.165) is 0 Å². The number of rotatable bonds is 4. The minimum absolute atomic E-state index is 0.172. The molecule has 1 heterocycles. The molecule has 0 bridgehead atoms. The molecule has 1 aromatic rings. The van der Waals surface area contributed by atoms with E-state index in [1.807, 2.05) is 6.92 Å². The van der Waals surface area contributed by atoms with E-state index in [1.165, 1.54) is 0 Å². The van der Waals surface area contributed by atoms with Crippen molar-refractivity contribution >= 4 is 5.97 Å². The molecule has 4 nitrogen and oxygen atoms in total. The molecule has 74 valence electrons. The van der Waals surface area contributed by atoms with Crippen molar-refractivity contribution in [1.82, 2.24) is 4.57 Å². The molecule has 0 aliphatic rings. The number of nitriles is 1. The van der Waals surface area contributed by atoms with Crippen molar-refractivity contribution in [3.05, 3.63) is 24.0 Å². The Bertz CT molecular complexity index is 362. The fraction of sp³-hybridized carbons (Fsp3) is 0.400. The van der Waals surface area contributed by atoms with Crippen LogP contribution in [0.15, 0.2) is 18.3 Å². The zero-order valence-electron chi connectivity index (χ0n) is 7.97. The molecule has 0 saturated heterocycles. The third kappa shape index (κ3) is 2.36. The van der Waals surface area contributed by atoms with Crippen LogP contribution in [-0.4, -0.2) is 15.6 Å². The van der Waals surface area contributed by atoms with Gasteiger partial charge in [-0.25, -0.2) is 4.79 Å². The van der Waals surface area contributed by atoms with Gasteiger partial charge in [0.05, 0.1) is 6.07 Å². The Labute approximate surface area is 82.4 Å². The molecule has 1 aromatic heterocycles. The molecule has 1 rings (SSSR count). The van der Waals surface area contributed by atoms with Crippen LogP contribution in [0, 0.1) is 17.2 Å². The van der Waals surface area contributed by atoms with Crippen molar-refractivity contribution < 1.29 is 9.90 Å². The van der Waals surface area contributed by atoms with E-state index < -0.39 is 5.97 Å². The van der Waals surface area contributed by atoms with E-state index in [9.17, 15) is 4.79 Å². The zero-order chi connectivity index (χ0) is 10.6. The van der Waals surface area contributed by atoms with Crippen LogP contribution in [0.5, 0.6) is 0 Å². The van der Waals surface area contributed by atoms with Gasteiger partial charge in [-0.1, -0.05) is 6.92 Å². The second-order valence-corrected chi connectivity index (χ2v) is 3.32. The smallest absolute Gasteiger partial charge is 0.352 e. The summed E-state index contributed by atoms with van der Waals surface area (Å²) >= 11 is 0. The van der Waals surface area contributed by atoms with Crippen LogP contribution in [-0.2, 0) is 6.54 Å². The van der Waals surface area contributed by atoms with Crippen LogP contribution < -0.4 is 0 Å². The number of aromatic nitrogens is 1. The van der Waals surface area contributed by atoms with Crippen LogP contribution in [0.4, 0.5) is 0 Å². The number of nitrogens with zero attached hydrogens (tertiary/aromatic N) is 2. The maximum absolute atomic E-state index is 10.7. The van der Waals surface area contributed by atoms with Crippen LogP contribution in [0.25, 0.3) is 0 Å². The Kier molecular flexibility index (Phi) is 3.29. The first-order valence-electron chi connectivity index (χ1n) is 4.40. The minimum Gasteiger partial charge on any atom is -0.477 e. The van der Waals surface area contributed by atoms with Gasteiger partial charge >= 0.3 is 5.97 Å². The molecule has 0 aliphatic carbocycles. The first-order valence-corrected chi connectivity index (χ1v) is 4.40. The minimum atomic E-state index is -0.931. The average Bonchev–Trinajstić information content (AvgIpc) is 2.52. The quantitative estimate of drug-likeness (QED) is 0.790. The highest BCUT2D eigenvalue weighted by atomic mass is 16.4. The number of carboxylic acid groups (broad SMARTS) is 1. The van der Waals surface area contributed by atoms with Gasteiger partial charge in [0.2, 0.25) is 0 Å². The molecule has 0 amide bonds. The predicted octanol–water partition coefficient (Wildman–Crippen LogP) is 1.74. The van der Waals surface area contributed by atoms with Gasteiger partial charge in [-0.3, -0.25) is 0 Å². The summed E-state index contributed by atoms with van der Waals surface area (Å²) in [7, 11) is 0. The monoisotopic (exact) mass is 192 g/mol. The lowest BCUT2D eigenvalue weighted by Gasteiger charge is -2.10. The van der Waals surface area contributed by atoms with Crippen LogP contribution in [0.2, 0.25) is 0 Å². The standard InChI is InChI=1S/C10H12N2O2/c1-8(4-5-11)7-12-6-2-3-9(12)10(13)14/h2-3,6,8H,4,7H2,1H3,(H,13,14)/t8-/m1/s1. The summed E-state index contributed by atoms with van der Waals surface area (Å²) in [4.78, 5) is 10.7. The van der Waals surface area contributed by atoms with E-state index in [-0.39, 0.29) is 11.6 Å². The van der Waals surface area contributed by atoms with Crippen molar-refractivity contribution in [3.8, 4) is 6.07 Å². The summed E-state index contributed by atoms with van der Waals surface area (Å²) < 4.78 is 1.66. The maximum Gasteiger partial charge on any atom is 0.352 e. The predicted molar refractivity (Wildman–Crippen MR) is 50.8 cm³/mol. The molecule has 0 aromatic carbocycles. The van der Waals surface area contributed by atoms with Gasteiger partial charge < -0.3 is 9.67 Å². The third-order valence-electron chi connectivity index (χ3n) is 2.00. The van der Waals surface area contributed by atoms with Gasteiger partial charge in [0.15, 0.2) is 0 Å². The maximum atomic E-state index is 10.7. The van der Waals surface area contributed by atoms with Crippen molar-refractivity contribution in [2.75, 3.05) is 0 Å². The topological polar surface area (TPSA) is 66.0 Å². The second kappa shape index (κ2) is 4.47. The lowest BCUT2D eigenvalue weighted by atomic mass is 10.1. The normalized spacial score (nSPS) is 12.0. The van der Waals surface area contributed by atoms with Crippen LogP contribution >= 0.6 is 0 Å². The van der Waals surface area contributed by atoms with Gasteiger partial charge in [0.1, 0.15) is 5.69 Å². The molecular weight excluding hydrogens is 180 g/mol. The molecule has 4 heteroatoms. The molecule has 0 unspecified atom stereocenters. The molecule has 0 fully saturated rings. The summed E-state index contributed by atoms with van der Waals surface area (Å²) in [6.07, 6.45) is 2.16. The summed E-state index contributed by atoms with van der Waals surface area (Å²) in [5.74, 6) is -0.760. The first-order chi connectivity index (χ1) is 6.65. The Balaban J connectivity index is 2.72. The number of carboxylic acids is 1. The van der Waals surface area contributed by atoms with Crippen LogP contribution in [0.1, 0.15) is 23.8 Å². The zero-order valence-corrected chi connectivity index (χ0v) is 7.97. The summed E-state index contributed by atoms with van der Waals surface area (Å²) in [5.41, 5.74) is 0.273. The van der Waals surface area contributed by atoms with Crippen molar-refractivity contribution in [3.63, 3.8) is 0 Å². The molecule has 0 aliphatic heterocycles. The number of hydrogen-bond donors (Lipinski definition) is 1. The number of aromatic carboxylic acids is 1. The van der Waals surface area contributed by atoms with Gasteiger partial charge in [0, 0.05) is 19.2 Å².